The molecule has 19 heavy (non-hydrogen) atoms. The third kappa shape index (κ3) is 3.85. The molecule has 0 spiro atoms. The van der Waals surface area contributed by atoms with E-state index in [1.807, 2.05) is 37.3 Å². The highest BCUT2D eigenvalue weighted by Gasteiger charge is 2.04. The van der Waals surface area contributed by atoms with Crippen molar-refractivity contribution in [2.75, 3.05) is 12.4 Å². The number of hydrogen-bond donors (Lipinski definition) is 1. The highest BCUT2D eigenvalue weighted by atomic mass is 79.9. The van der Waals surface area contributed by atoms with Crippen molar-refractivity contribution in [1.82, 2.24) is 4.98 Å². The lowest BCUT2D eigenvalue weighted by Gasteiger charge is -2.10. The molecular formula is C14H14BrClN2O. The van der Waals surface area contributed by atoms with Gasteiger partial charge in [-0.3, -0.25) is 4.98 Å². The van der Waals surface area contributed by atoms with Gasteiger partial charge < -0.3 is 10.1 Å². The van der Waals surface area contributed by atoms with Gasteiger partial charge in [0.15, 0.2) is 0 Å². The third-order valence-electron chi connectivity index (χ3n) is 2.60. The summed E-state index contributed by atoms with van der Waals surface area (Å²) >= 11 is 9.55. The molecule has 100 valence electrons. The Morgan fingerprint density at radius 2 is 2.11 bits per heavy atom. The predicted molar refractivity (Wildman–Crippen MR) is 82.0 cm³/mol. The number of rotatable bonds is 4. The average molecular weight is 342 g/mol. The lowest BCUT2D eigenvalue weighted by molar-refractivity contribution is 0.413. The van der Waals surface area contributed by atoms with Crippen LogP contribution in [0.25, 0.3) is 0 Å². The number of anilines is 1. The van der Waals surface area contributed by atoms with E-state index in [2.05, 4.69) is 26.2 Å². The molecule has 0 saturated carbocycles. The van der Waals surface area contributed by atoms with Crippen LogP contribution in [0.2, 0.25) is 5.02 Å². The van der Waals surface area contributed by atoms with Gasteiger partial charge in [0.1, 0.15) is 5.75 Å². The van der Waals surface area contributed by atoms with Crippen LogP contribution in [0.1, 0.15) is 11.4 Å². The Hall–Kier alpha value is -1.26. The zero-order valence-corrected chi connectivity index (χ0v) is 13.0. The number of hydrogen-bond acceptors (Lipinski definition) is 3. The maximum absolute atomic E-state index is 6.12. The van der Waals surface area contributed by atoms with Crippen LogP contribution in [0.15, 0.2) is 34.8 Å². The molecule has 0 atom stereocenters. The molecule has 1 N–H and O–H groups in total. The zero-order valence-electron chi connectivity index (χ0n) is 10.7. The molecule has 0 unspecified atom stereocenters. The number of pyridine rings is 1. The first-order valence-corrected chi connectivity index (χ1v) is 6.96. The van der Waals surface area contributed by atoms with Crippen LogP contribution in [-0.4, -0.2) is 12.1 Å². The summed E-state index contributed by atoms with van der Waals surface area (Å²) in [5.41, 5.74) is 2.71. The monoisotopic (exact) mass is 340 g/mol. The molecule has 2 rings (SSSR count). The molecule has 1 aromatic carbocycles. The Kier molecular flexibility index (Phi) is 4.66. The third-order valence-corrected chi connectivity index (χ3v) is 3.43. The fourth-order valence-corrected chi connectivity index (χ4v) is 2.28. The first-order valence-electron chi connectivity index (χ1n) is 5.79. The Bertz CT molecular complexity index is 590. The van der Waals surface area contributed by atoms with Gasteiger partial charge in [-0.1, -0.05) is 27.5 Å². The normalized spacial score (nSPS) is 10.3. The summed E-state index contributed by atoms with van der Waals surface area (Å²) in [6.07, 6.45) is 0. The van der Waals surface area contributed by atoms with Crippen LogP contribution in [0.4, 0.5) is 5.69 Å². The number of aromatic nitrogens is 1. The largest absolute Gasteiger partial charge is 0.497 e. The summed E-state index contributed by atoms with van der Waals surface area (Å²) in [6, 6.07) is 9.50. The molecule has 0 aliphatic carbocycles. The summed E-state index contributed by atoms with van der Waals surface area (Å²) in [4.78, 5) is 4.45. The summed E-state index contributed by atoms with van der Waals surface area (Å²) in [5, 5.41) is 3.95. The molecule has 0 aliphatic heterocycles. The Balaban J connectivity index is 2.14. The number of aryl methyl sites for hydroxylation is 1. The van der Waals surface area contributed by atoms with Crippen molar-refractivity contribution < 1.29 is 4.74 Å². The summed E-state index contributed by atoms with van der Waals surface area (Å²) in [7, 11) is 1.65. The second-order valence-electron chi connectivity index (χ2n) is 4.12. The molecule has 0 fully saturated rings. The summed E-state index contributed by atoms with van der Waals surface area (Å²) in [6.45, 7) is 2.53. The highest BCUT2D eigenvalue weighted by molar-refractivity contribution is 9.10. The molecule has 1 heterocycles. The van der Waals surface area contributed by atoms with Crippen LogP contribution in [0, 0.1) is 6.92 Å². The Labute approximate surface area is 126 Å². The molecule has 0 aliphatic rings. The van der Waals surface area contributed by atoms with Gasteiger partial charge in [-0.05, 0) is 25.1 Å². The SMILES string of the molecule is COc1cc(C)nc(CNc2cc(Br)ccc2Cl)c1. The Morgan fingerprint density at radius 3 is 2.84 bits per heavy atom. The molecule has 5 heteroatoms. The molecule has 0 amide bonds. The van der Waals surface area contributed by atoms with Gasteiger partial charge in [-0.15, -0.1) is 0 Å². The minimum absolute atomic E-state index is 0.591. The smallest absolute Gasteiger partial charge is 0.122 e. The van der Waals surface area contributed by atoms with Gasteiger partial charge in [0.05, 0.1) is 30.1 Å². The van der Waals surface area contributed by atoms with Crippen LogP contribution in [0.5, 0.6) is 5.75 Å². The lowest BCUT2D eigenvalue weighted by Crippen LogP contribution is -2.03. The van der Waals surface area contributed by atoms with Crippen LogP contribution < -0.4 is 10.1 Å². The number of nitrogens with one attached hydrogen (secondary N) is 1. The minimum atomic E-state index is 0.591. The first kappa shape index (κ1) is 14.2. The first-order chi connectivity index (χ1) is 9.08. The molecule has 1 aromatic heterocycles. The van der Waals surface area contributed by atoms with E-state index in [0.717, 1.165) is 27.3 Å². The zero-order chi connectivity index (χ0) is 13.8. The van der Waals surface area contributed by atoms with Gasteiger partial charge >= 0.3 is 0 Å². The van der Waals surface area contributed by atoms with Crippen molar-refractivity contribution in [3.05, 3.63) is 51.2 Å². The maximum Gasteiger partial charge on any atom is 0.122 e. The van der Waals surface area contributed by atoms with Gasteiger partial charge in [-0.25, -0.2) is 0 Å². The van der Waals surface area contributed by atoms with Gasteiger partial charge in [-0.2, -0.15) is 0 Å². The molecule has 2 aromatic rings. The molecular weight excluding hydrogens is 328 g/mol. The average Bonchev–Trinajstić information content (AvgIpc) is 2.39. The summed E-state index contributed by atoms with van der Waals surface area (Å²) in [5.74, 6) is 0.810. The van der Waals surface area contributed by atoms with E-state index in [4.69, 9.17) is 16.3 Å². The Morgan fingerprint density at radius 1 is 1.32 bits per heavy atom. The van der Waals surface area contributed by atoms with E-state index in [1.165, 1.54) is 0 Å². The molecule has 3 nitrogen and oxygen atoms in total. The van der Waals surface area contributed by atoms with Crippen molar-refractivity contribution in [1.29, 1.82) is 0 Å². The second-order valence-corrected chi connectivity index (χ2v) is 5.44. The van der Waals surface area contributed by atoms with E-state index in [0.29, 0.717) is 11.6 Å². The van der Waals surface area contributed by atoms with E-state index < -0.39 is 0 Å². The minimum Gasteiger partial charge on any atom is -0.497 e. The van der Waals surface area contributed by atoms with Crippen molar-refractivity contribution in [2.24, 2.45) is 0 Å². The van der Waals surface area contributed by atoms with Crippen molar-refractivity contribution in [2.45, 2.75) is 13.5 Å². The number of halogens is 2. The van der Waals surface area contributed by atoms with Gasteiger partial charge in [0.2, 0.25) is 0 Å². The van der Waals surface area contributed by atoms with E-state index in [9.17, 15) is 0 Å². The number of ether oxygens (including phenoxy) is 1. The van der Waals surface area contributed by atoms with Crippen molar-refractivity contribution >= 4 is 33.2 Å². The summed E-state index contributed by atoms with van der Waals surface area (Å²) < 4.78 is 6.21. The van der Waals surface area contributed by atoms with E-state index in [1.54, 1.807) is 7.11 Å². The quantitative estimate of drug-likeness (QED) is 0.893. The number of benzene rings is 1. The lowest BCUT2D eigenvalue weighted by atomic mass is 10.2. The maximum atomic E-state index is 6.12. The molecule has 0 saturated heterocycles. The predicted octanol–water partition coefficient (Wildman–Crippen LogP) is 4.43. The van der Waals surface area contributed by atoms with Crippen LogP contribution in [-0.2, 0) is 6.54 Å². The molecule has 0 radical (unpaired) electrons. The number of nitrogens with zero attached hydrogens (tertiary/aromatic N) is 1. The van der Waals surface area contributed by atoms with E-state index >= 15 is 0 Å². The van der Waals surface area contributed by atoms with Crippen molar-refractivity contribution in [3.63, 3.8) is 0 Å². The van der Waals surface area contributed by atoms with Crippen molar-refractivity contribution in [3.8, 4) is 5.75 Å². The highest BCUT2D eigenvalue weighted by Crippen LogP contribution is 2.26. The number of methoxy groups -OCH3 is 1. The second kappa shape index (κ2) is 6.26. The van der Waals surface area contributed by atoms with Gasteiger partial charge in [0, 0.05) is 22.3 Å². The van der Waals surface area contributed by atoms with Crippen LogP contribution >= 0.6 is 27.5 Å². The van der Waals surface area contributed by atoms with E-state index in [-0.39, 0.29) is 0 Å². The fraction of sp³-hybridized carbons (Fsp3) is 0.214. The topological polar surface area (TPSA) is 34.1 Å². The standard InChI is InChI=1S/C14H14BrClN2O/c1-9-5-12(19-2)7-11(18-9)8-17-14-6-10(15)3-4-13(14)16/h3-7,17H,8H2,1-2H3. The van der Waals surface area contributed by atoms with Gasteiger partial charge in [0.25, 0.3) is 0 Å². The fourth-order valence-electron chi connectivity index (χ4n) is 1.73. The van der Waals surface area contributed by atoms with Crippen LogP contribution in [0.3, 0.4) is 0 Å². The molecule has 0 bridgehead atoms.